The van der Waals surface area contributed by atoms with Gasteiger partial charge in [0.05, 0.1) is 17.0 Å². The van der Waals surface area contributed by atoms with Crippen LogP contribution in [0.2, 0.25) is 0 Å². The minimum absolute atomic E-state index is 0.0943. The molecule has 0 saturated heterocycles. The maximum absolute atomic E-state index is 12.3. The van der Waals surface area contributed by atoms with Crippen LogP contribution in [-0.2, 0) is 9.53 Å². The first-order chi connectivity index (χ1) is 12.7. The van der Waals surface area contributed by atoms with Crippen molar-refractivity contribution in [3.05, 3.63) is 46.6 Å². The minimum Gasteiger partial charge on any atom is -0.507 e. The lowest BCUT2D eigenvalue weighted by Gasteiger charge is -2.23. The fraction of sp³-hybridized carbons (Fsp3) is 0.381. The maximum atomic E-state index is 12.3. The molecule has 2 rings (SSSR count). The molecule has 0 unspecified atom stereocenters. The molecule has 144 valence electrons. The molecule has 1 aromatic rings. The van der Waals surface area contributed by atoms with Crippen LogP contribution in [0.3, 0.4) is 0 Å². The summed E-state index contributed by atoms with van der Waals surface area (Å²) < 4.78 is 5.56. The third-order valence-corrected chi connectivity index (χ3v) is 4.55. The summed E-state index contributed by atoms with van der Waals surface area (Å²) in [5.41, 5.74) is 0.574. The molecule has 2 N–H and O–H groups in total. The highest BCUT2D eigenvalue weighted by Crippen LogP contribution is 2.41. The van der Waals surface area contributed by atoms with Gasteiger partial charge in [-0.15, -0.1) is 0 Å². The molecule has 6 heteroatoms. The first kappa shape index (κ1) is 20.4. The fourth-order valence-electron chi connectivity index (χ4n) is 2.74. The van der Waals surface area contributed by atoms with E-state index in [4.69, 9.17) is 4.74 Å². The quantitative estimate of drug-likeness (QED) is 0.444. The number of carbonyl (C=O) groups excluding carboxylic acids is 3. The number of rotatable bonds is 6. The zero-order valence-electron chi connectivity index (χ0n) is 15.9. The molecule has 27 heavy (non-hydrogen) atoms. The topological polar surface area (TPSA) is 101 Å². The van der Waals surface area contributed by atoms with Crippen LogP contribution in [0.25, 0.3) is 0 Å². The number of esters is 1. The zero-order valence-corrected chi connectivity index (χ0v) is 15.9. The summed E-state index contributed by atoms with van der Waals surface area (Å²) >= 11 is 0. The van der Waals surface area contributed by atoms with Crippen molar-refractivity contribution < 1.29 is 29.3 Å². The van der Waals surface area contributed by atoms with E-state index in [1.807, 2.05) is 26.8 Å². The van der Waals surface area contributed by atoms with Crippen LogP contribution >= 0.6 is 0 Å². The third-order valence-electron chi connectivity index (χ3n) is 4.55. The molecule has 1 aliphatic rings. The first-order valence-electron chi connectivity index (χ1n) is 8.86. The number of hydrogen-bond donors (Lipinski definition) is 2. The van der Waals surface area contributed by atoms with E-state index in [-0.39, 0.29) is 29.0 Å². The number of ether oxygens (including phenoxy) is 1. The van der Waals surface area contributed by atoms with E-state index in [2.05, 4.69) is 0 Å². The Labute approximate surface area is 158 Å². The maximum Gasteiger partial charge on any atom is 0.309 e. The van der Waals surface area contributed by atoms with Crippen molar-refractivity contribution in [1.82, 2.24) is 0 Å². The molecule has 0 aromatic heterocycles. The number of carbonyl (C=O) groups is 3. The molecule has 0 amide bonds. The Morgan fingerprint density at radius 2 is 1.74 bits per heavy atom. The number of phenols is 2. The van der Waals surface area contributed by atoms with Crippen molar-refractivity contribution in [1.29, 1.82) is 0 Å². The van der Waals surface area contributed by atoms with Crippen molar-refractivity contribution in [2.45, 2.75) is 46.6 Å². The monoisotopic (exact) mass is 372 g/mol. The highest BCUT2D eigenvalue weighted by atomic mass is 16.5. The van der Waals surface area contributed by atoms with Gasteiger partial charge in [-0.3, -0.25) is 14.4 Å². The molecule has 0 saturated carbocycles. The largest absolute Gasteiger partial charge is 0.507 e. The van der Waals surface area contributed by atoms with Crippen LogP contribution in [0.1, 0.15) is 72.9 Å². The van der Waals surface area contributed by atoms with E-state index >= 15 is 0 Å². The Bertz CT molecular complexity index is 843. The number of benzene rings is 1. The number of ketones is 2. The molecular weight excluding hydrogens is 348 g/mol. The number of hydrogen-bond acceptors (Lipinski definition) is 6. The number of phenolic OH excluding ortho intramolecular Hbond substituents is 2. The van der Waals surface area contributed by atoms with Crippen LogP contribution in [0, 0.1) is 5.92 Å². The molecule has 0 heterocycles. The highest BCUT2D eigenvalue weighted by molar-refractivity contribution is 6.24. The van der Waals surface area contributed by atoms with Gasteiger partial charge in [0.1, 0.15) is 17.6 Å². The number of aromatic hydroxyl groups is 2. The van der Waals surface area contributed by atoms with Crippen LogP contribution < -0.4 is 0 Å². The summed E-state index contributed by atoms with van der Waals surface area (Å²) in [5, 5.41) is 21.0. The number of allylic oxidation sites excluding steroid dienone is 3. The first-order valence-corrected chi connectivity index (χ1v) is 8.86. The van der Waals surface area contributed by atoms with Gasteiger partial charge in [0.25, 0.3) is 0 Å². The Morgan fingerprint density at radius 1 is 1.15 bits per heavy atom. The fourth-order valence-corrected chi connectivity index (χ4v) is 2.74. The van der Waals surface area contributed by atoms with Gasteiger partial charge in [-0.25, -0.2) is 0 Å². The lowest BCUT2D eigenvalue weighted by atomic mass is 9.89. The standard InChI is InChI=1S/C21H24O6/c1-5-12(4)21(26)27-17(9-6-11(2)3)13-10-16(24)18-14(22)7-8-15(23)19(18)20(13)25/h6-8,10,12,17,24-25H,5,9H2,1-4H3/t12-,17-/m0/s1. The summed E-state index contributed by atoms with van der Waals surface area (Å²) in [6.45, 7) is 7.35. The van der Waals surface area contributed by atoms with E-state index in [1.165, 1.54) is 6.07 Å². The lowest BCUT2D eigenvalue weighted by molar-refractivity contribution is -0.153. The van der Waals surface area contributed by atoms with Gasteiger partial charge in [-0.05, 0) is 38.5 Å². The smallest absolute Gasteiger partial charge is 0.309 e. The third kappa shape index (κ3) is 4.27. The van der Waals surface area contributed by atoms with Crippen molar-refractivity contribution in [3.8, 4) is 11.5 Å². The highest BCUT2D eigenvalue weighted by Gasteiger charge is 2.32. The normalized spacial score (nSPS) is 15.1. The van der Waals surface area contributed by atoms with Gasteiger partial charge in [-0.1, -0.05) is 25.5 Å². The van der Waals surface area contributed by atoms with E-state index in [0.29, 0.717) is 6.42 Å². The van der Waals surface area contributed by atoms with Crippen molar-refractivity contribution in [2.75, 3.05) is 0 Å². The Kier molecular flexibility index (Phi) is 6.20. The predicted octanol–water partition coefficient (Wildman–Crippen LogP) is 4.02. The average molecular weight is 372 g/mol. The van der Waals surface area contributed by atoms with Crippen molar-refractivity contribution in [3.63, 3.8) is 0 Å². The van der Waals surface area contributed by atoms with Gasteiger partial charge in [0.15, 0.2) is 11.6 Å². The van der Waals surface area contributed by atoms with Gasteiger partial charge >= 0.3 is 5.97 Å². The predicted molar refractivity (Wildman–Crippen MR) is 99.9 cm³/mol. The Balaban J connectivity index is 2.56. The average Bonchev–Trinajstić information content (AvgIpc) is 2.62. The minimum atomic E-state index is -0.897. The van der Waals surface area contributed by atoms with E-state index in [0.717, 1.165) is 17.7 Å². The Morgan fingerprint density at radius 3 is 2.30 bits per heavy atom. The van der Waals surface area contributed by atoms with Crippen LogP contribution in [-0.4, -0.2) is 27.7 Å². The molecule has 1 aromatic carbocycles. The van der Waals surface area contributed by atoms with Crippen LogP contribution in [0.15, 0.2) is 29.9 Å². The summed E-state index contributed by atoms with van der Waals surface area (Å²) in [4.78, 5) is 36.5. The zero-order chi connectivity index (χ0) is 20.3. The summed E-state index contributed by atoms with van der Waals surface area (Å²) in [6, 6.07) is 1.19. The molecule has 0 fully saturated rings. The molecule has 0 bridgehead atoms. The summed E-state index contributed by atoms with van der Waals surface area (Å²) in [7, 11) is 0. The van der Waals surface area contributed by atoms with Gasteiger partial charge in [-0.2, -0.15) is 0 Å². The van der Waals surface area contributed by atoms with Gasteiger partial charge in [0.2, 0.25) is 0 Å². The van der Waals surface area contributed by atoms with Crippen molar-refractivity contribution >= 4 is 17.5 Å². The van der Waals surface area contributed by atoms with E-state index < -0.39 is 35.1 Å². The van der Waals surface area contributed by atoms with E-state index in [9.17, 15) is 24.6 Å². The number of fused-ring (bicyclic) bond motifs is 1. The SMILES string of the molecule is CC[C@H](C)C(=O)O[C@@H](CC=C(C)C)c1cc(O)c2c(c1O)C(=O)C=CC2=O. The Hall–Kier alpha value is -2.89. The second kappa shape index (κ2) is 8.20. The van der Waals surface area contributed by atoms with E-state index in [1.54, 1.807) is 6.92 Å². The molecule has 0 radical (unpaired) electrons. The molecule has 0 spiro atoms. The van der Waals surface area contributed by atoms with Gasteiger partial charge in [0, 0.05) is 12.0 Å². The molecule has 6 nitrogen and oxygen atoms in total. The van der Waals surface area contributed by atoms with Crippen LogP contribution in [0.5, 0.6) is 11.5 Å². The second-order valence-electron chi connectivity index (χ2n) is 6.90. The van der Waals surface area contributed by atoms with Gasteiger partial charge < -0.3 is 14.9 Å². The summed E-state index contributed by atoms with van der Waals surface area (Å²) in [6.07, 6.45) is 3.88. The molecule has 1 aliphatic carbocycles. The second-order valence-corrected chi connectivity index (χ2v) is 6.90. The summed E-state index contributed by atoms with van der Waals surface area (Å²) in [5.74, 6) is -2.81. The molecule has 0 aliphatic heterocycles. The van der Waals surface area contributed by atoms with Crippen LogP contribution in [0.4, 0.5) is 0 Å². The molecular formula is C21H24O6. The lowest BCUT2D eigenvalue weighted by Crippen LogP contribution is -2.19. The molecule has 2 atom stereocenters. The van der Waals surface area contributed by atoms with Crippen molar-refractivity contribution in [2.24, 2.45) is 5.92 Å².